The van der Waals surface area contributed by atoms with Crippen molar-refractivity contribution in [3.8, 4) is 0 Å². The van der Waals surface area contributed by atoms with Crippen molar-refractivity contribution in [2.75, 3.05) is 17.2 Å². The van der Waals surface area contributed by atoms with Gasteiger partial charge in [-0.05, 0) is 61.8 Å². The van der Waals surface area contributed by atoms with Crippen LogP contribution in [0.5, 0.6) is 0 Å². The minimum Gasteiger partial charge on any atom is -0.383 e. The molecular weight excluding hydrogens is 254 g/mol. The molecule has 4 heteroatoms. The van der Waals surface area contributed by atoms with Gasteiger partial charge in [0.05, 0.1) is 0 Å². The van der Waals surface area contributed by atoms with Crippen LogP contribution in [-0.4, -0.2) is 10.9 Å². The van der Waals surface area contributed by atoms with E-state index in [0.29, 0.717) is 5.92 Å². The Kier molecular flexibility index (Phi) is 3.19. The van der Waals surface area contributed by atoms with Gasteiger partial charge in [-0.2, -0.15) is 4.37 Å². The van der Waals surface area contributed by atoms with Crippen LogP contribution < -0.4 is 10.6 Å². The third kappa shape index (κ3) is 2.32. The van der Waals surface area contributed by atoms with Crippen molar-refractivity contribution in [1.29, 1.82) is 0 Å². The van der Waals surface area contributed by atoms with Crippen LogP contribution >= 0.6 is 11.5 Å². The number of nitrogen functional groups attached to an aromatic ring is 1. The molecule has 1 saturated carbocycles. The zero-order valence-electron chi connectivity index (χ0n) is 11.4. The van der Waals surface area contributed by atoms with Crippen LogP contribution in [0, 0.1) is 6.92 Å². The molecule has 19 heavy (non-hydrogen) atoms. The number of benzene rings is 1. The Balaban J connectivity index is 2.03. The Morgan fingerprint density at radius 3 is 2.84 bits per heavy atom. The first-order chi connectivity index (χ1) is 9.20. The largest absolute Gasteiger partial charge is 0.383 e. The molecule has 3 nitrogen and oxygen atoms in total. The lowest BCUT2D eigenvalue weighted by atomic mass is 10.1. The third-order valence-electron chi connectivity index (χ3n) is 3.60. The van der Waals surface area contributed by atoms with Gasteiger partial charge in [-0.1, -0.05) is 12.1 Å². The van der Waals surface area contributed by atoms with Gasteiger partial charge < -0.3 is 10.6 Å². The fourth-order valence-electron chi connectivity index (χ4n) is 2.49. The van der Waals surface area contributed by atoms with Gasteiger partial charge in [-0.15, -0.1) is 0 Å². The minimum atomic E-state index is 0.632. The van der Waals surface area contributed by atoms with Crippen LogP contribution in [0.25, 0.3) is 0 Å². The van der Waals surface area contributed by atoms with Crippen molar-refractivity contribution in [1.82, 2.24) is 4.37 Å². The molecule has 1 heterocycles. The van der Waals surface area contributed by atoms with Crippen molar-refractivity contribution >= 4 is 28.0 Å². The number of nitrogens with two attached hydrogens (primary N) is 1. The Bertz CT molecular complexity index is 587. The number of hydrogen-bond acceptors (Lipinski definition) is 4. The molecule has 0 unspecified atom stereocenters. The molecule has 1 aliphatic rings. The molecule has 0 atom stereocenters. The summed E-state index contributed by atoms with van der Waals surface area (Å²) in [7, 11) is 0. The van der Waals surface area contributed by atoms with Gasteiger partial charge in [0, 0.05) is 17.8 Å². The second-order valence-electron chi connectivity index (χ2n) is 5.14. The van der Waals surface area contributed by atoms with Crippen molar-refractivity contribution < 1.29 is 0 Å². The molecule has 1 aliphatic carbocycles. The molecular formula is C15H19N3S. The van der Waals surface area contributed by atoms with E-state index in [4.69, 9.17) is 5.73 Å². The highest BCUT2D eigenvalue weighted by molar-refractivity contribution is 7.10. The number of aromatic nitrogens is 1. The van der Waals surface area contributed by atoms with E-state index in [2.05, 4.69) is 47.4 Å². The Morgan fingerprint density at radius 2 is 2.21 bits per heavy atom. The van der Waals surface area contributed by atoms with Gasteiger partial charge in [0.1, 0.15) is 10.8 Å². The third-order valence-corrected chi connectivity index (χ3v) is 4.50. The molecule has 100 valence electrons. The zero-order chi connectivity index (χ0) is 13.4. The smallest absolute Gasteiger partial charge is 0.142 e. The predicted octanol–water partition coefficient (Wildman–Crippen LogP) is 4.07. The SMILES string of the molecule is CCN(c1cccc(C)c1)c1snc(N)c1C1CC1. The monoisotopic (exact) mass is 273 g/mol. The van der Waals surface area contributed by atoms with Gasteiger partial charge in [0.2, 0.25) is 0 Å². The summed E-state index contributed by atoms with van der Waals surface area (Å²) in [6.45, 7) is 5.24. The topological polar surface area (TPSA) is 42.2 Å². The molecule has 3 rings (SSSR count). The summed E-state index contributed by atoms with van der Waals surface area (Å²) < 4.78 is 4.37. The summed E-state index contributed by atoms with van der Waals surface area (Å²) in [5.41, 5.74) is 9.84. The average molecular weight is 273 g/mol. The van der Waals surface area contributed by atoms with E-state index >= 15 is 0 Å². The fourth-order valence-corrected chi connectivity index (χ4v) is 3.48. The van der Waals surface area contributed by atoms with Crippen LogP contribution in [0.2, 0.25) is 0 Å². The number of hydrogen-bond donors (Lipinski definition) is 1. The van der Waals surface area contributed by atoms with E-state index < -0.39 is 0 Å². The quantitative estimate of drug-likeness (QED) is 0.913. The zero-order valence-corrected chi connectivity index (χ0v) is 12.2. The Hall–Kier alpha value is -1.55. The Labute approximate surface area is 118 Å². The molecule has 0 spiro atoms. The molecule has 0 amide bonds. The van der Waals surface area contributed by atoms with Crippen molar-refractivity contribution in [2.45, 2.75) is 32.6 Å². The van der Waals surface area contributed by atoms with E-state index in [1.54, 1.807) is 0 Å². The molecule has 1 aromatic heterocycles. The van der Waals surface area contributed by atoms with Gasteiger partial charge in [0.25, 0.3) is 0 Å². The lowest BCUT2D eigenvalue weighted by Crippen LogP contribution is -2.16. The van der Waals surface area contributed by atoms with Crippen LogP contribution in [0.1, 0.15) is 36.8 Å². The molecule has 2 aromatic rings. The molecule has 0 aliphatic heterocycles. The van der Waals surface area contributed by atoms with Crippen molar-refractivity contribution in [2.24, 2.45) is 0 Å². The molecule has 1 fully saturated rings. The lowest BCUT2D eigenvalue weighted by molar-refractivity contribution is 1.01. The first-order valence-corrected chi connectivity index (χ1v) is 7.57. The first-order valence-electron chi connectivity index (χ1n) is 6.80. The Morgan fingerprint density at radius 1 is 1.42 bits per heavy atom. The molecule has 0 saturated heterocycles. The fraction of sp³-hybridized carbons (Fsp3) is 0.400. The molecule has 1 aromatic carbocycles. The highest BCUT2D eigenvalue weighted by Gasteiger charge is 2.32. The summed E-state index contributed by atoms with van der Waals surface area (Å²) in [5.74, 6) is 1.36. The van der Waals surface area contributed by atoms with Gasteiger partial charge >= 0.3 is 0 Å². The van der Waals surface area contributed by atoms with E-state index in [1.165, 1.54) is 46.2 Å². The van der Waals surface area contributed by atoms with Crippen LogP contribution in [0.3, 0.4) is 0 Å². The normalized spacial score (nSPS) is 14.6. The highest BCUT2D eigenvalue weighted by Crippen LogP contribution is 2.49. The maximum atomic E-state index is 6.06. The second kappa shape index (κ2) is 4.85. The minimum absolute atomic E-state index is 0.632. The van der Waals surface area contributed by atoms with Gasteiger partial charge in [0.15, 0.2) is 0 Å². The lowest BCUT2D eigenvalue weighted by Gasteiger charge is -2.23. The van der Waals surface area contributed by atoms with Crippen molar-refractivity contribution in [3.05, 3.63) is 35.4 Å². The molecule has 0 bridgehead atoms. The van der Waals surface area contributed by atoms with E-state index in [1.807, 2.05) is 0 Å². The first kappa shape index (κ1) is 12.5. The van der Waals surface area contributed by atoms with Crippen LogP contribution in [0.4, 0.5) is 16.5 Å². The number of rotatable bonds is 4. The maximum Gasteiger partial charge on any atom is 0.142 e. The summed E-state index contributed by atoms with van der Waals surface area (Å²) in [6, 6.07) is 8.61. The summed E-state index contributed by atoms with van der Waals surface area (Å²) in [4.78, 5) is 2.33. The van der Waals surface area contributed by atoms with E-state index in [9.17, 15) is 0 Å². The average Bonchev–Trinajstić information content (AvgIpc) is 3.15. The van der Waals surface area contributed by atoms with Crippen molar-refractivity contribution in [3.63, 3.8) is 0 Å². The second-order valence-corrected chi connectivity index (χ2v) is 5.90. The standard InChI is InChI=1S/C15H19N3S/c1-3-18(12-6-4-5-10(2)9-12)15-13(11-7-8-11)14(16)17-19-15/h4-6,9,11H,3,7-8H2,1-2H3,(H2,16,17). The summed E-state index contributed by atoms with van der Waals surface area (Å²) in [5, 5.41) is 1.23. The number of aryl methyl sites for hydroxylation is 1. The summed E-state index contributed by atoms with van der Waals surface area (Å²) >= 11 is 1.53. The number of anilines is 3. The maximum absolute atomic E-state index is 6.06. The molecule has 2 N–H and O–H groups in total. The van der Waals surface area contributed by atoms with Gasteiger partial charge in [-0.3, -0.25) is 0 Å². The molecule has 0 radical (unpaired) electrons. The predicted molar refractivity (Wildman–Crippen MR) is 82.4 cm³/mol. The van der Waals surface area contributed by atoms with E-state index in [0.717, 1.165) is 12.4 Å². The van der Waals surface area contributed by atoms with E-state index in [-0.39, 0.29) is 0 Å². The van der Waals surface area contributed by atoms with Crippen LogP contribution in [0.15, 0.2) is 24.3 Å². The summed E-state index contributed by atoms with van der Waals surface area (Å²) in [6.07, 6.45) is 2.50. The van der Waals surface area contributed by atoms with Gasteiger partial charge in [-0.25, -0.2) is 0 Å². The van der Waals surface area contributed by atoms with Crippen LogP contribution in [-0.2, 0) is 0 Å². The highest BCUT2D eigenvalue weighted by atomic mass is 32.1. The number of nitrogens with zero attached hydrogens (tertiary/aromatic N) is 2.